The van der Waals surface area contributed by atoms with E-state index < -0.39 is 5.91 Å². The third-order valence-electron chi connectivity index (χ3n) is 6.34. The molecule has 4 aliphatic carbocycles. The summed E-state index contributed by atoms with van der Waals surface area (Å²) in [4.78, 5) is 21.6. The molecular weight excluding hydrogens is 286 g/mol. The van der Waals surface area contributed by atoms with E-state index in [9.17, 15) is 4.79 Å². The second-order valence-corrected chi connectivity index (χ2v) is 7.97. The molecule has 0 radical (unpaired) electrons. The molecular formula is C19H21N3O. The van der Waals surface area contributed by atoms with Crippen LogP contribution in [0.2, 0.25) is 0 Å². The predicted octanol–water partition coefficient (Wildman–Crippen LogP) is 3.20. The minimum absolute atomic E-state index is 0.0378. The minimum Gasteiger partial charge on any atom is -0.364 e. The van der Waals surface area contributed by atoms with Gasteiger partial charge in [0, 0.05) is 5.41 Å². The van der Waals surface area contributed by atoms with Gasteiger partial charge in [0.05, 0.1) is 16.7 Å². The van der Waals surface area contributed by atoms with Crippen LogP contribution >= 0.6 is 0 Å². The molecule has 0 unspecified atom stereocenters. The highest BCUT2D eigenvalue weighted by Gasteiger charge is 2.53. The first-order valence-electron chi connectivity index (χ1n) is 8.70. The van der Waals surface area contributed by atoms with Crippen molar-refractivity contribution in [1.82, 2.24) is 9.97 Å². The van der Waals surface area contributed by atoms with Crippen LogP contribution in [0.4, 0.5) is 0 Å². The first kappa shape index (κ1) is 13.5. The normalized spacial score (nSPS) is 34.9. The van der Waals surface area contributed by atoms with Crippen LogP contribution in [0.3, 0.4) is 0 Å². The number of amides is 1. The van der Waals surface area contributed by atoms with Crippen molar-refractivity contribution in [1.29, 1.82) is 0 Å². The third-order valence-corrected chi connectivity index (χ3v) is 6.34. The van der Waals surface area contributed by atoms with E-state index in [0.29, 0.717) is 5.69 Å². The highest BCUT2D eigenvalue weighted by atomic mass is 16.1. The molecule has 4 saturated carbocycles. The summed E-state index contributed by atoms with van der Waals surface area (Å²) < 4.78 is 0. The molecule has 4 bridgehead atoms. The molecule has 0 saturated heterocycles. The zero-order valence-electron chi connectivity index (χ0n) is 13.2. The number of nitrogens with zero attached hydrogens (tertiary/aromatic N) is 2. The lowest BCUT2D eigenvalue weighted by Gasteiger charge is -2.56. The Morgan fingerprint density at radius 3 is 2.00 bits per heavy atom. The van der Waals surface area contributed by atoms with Crippen molar-refractivity contribution in [2.45, 2.75) is 43.9 Å². The maximum absolute atomic E-state index is 12.1. The lowest BCUT2D eigenvalue weighted by Crippen LogP contribution is -2.49. The van der Waals surface area contributed by atoms with E-state index in [0.717, 1.165) is 53.7 Å². The van der Waals surface area contributed by atoms with Crippen LogP contribution in [-0.4, -0.2) is 15.9 Å². The fourth-order valence-electron chi connectivity index (χ4n) is 5.94. The number of carbonyl (C=O) groups excluding carboxylic acids is 1. The summed E-state index contributed by atoms with van der Waals surface area (Å²) in [6.07, 6.45) is 7.58. The van der Waals surface area contributed by atoms with Gasteiger partial charge in [-0.25, -0.2) is 9.97 Å². The number of hydrogen-bond donors (Lipinski definition) is 1. The molecule has 1 aromatic carbocycles. The Balaban J connectivity index is 1.72. The molecule has 1 amide bonds. The van der Waals surface area contributed by atoms with Crippen LogP contribution in [0.1, 0.15) is 54.7 Å². The van der Waals surface area contributed by atoms with Crippen molar-refractivity contribution in [3.8, 4) is 0 Å². The summed E-state index contributed by atoms with van der Waals surface area (Å²) in [6, 6.07) is 7.78. The first-order chi connectivity index (χ1) is 11.1. The van der Waals surface area contributed by atoms with Crippen molar-refractivity contribution in [3.05, 3.63) is 35.7 Å². The number of benzene rings is 1. The van der Waals surface area contributed by atoms with Gasteiger partial charge >= 0.3 is 0 Å². The van der Waals surface area contributed by atoms with Gasteiger partial charge in [-0.05, 0) is 68.4 Å². The van der Waals surface area contributed by atoms with Crippen LogP contribution in [0.25, 0.3) is 11.0 Å². The molecule has 4 nitrogen and oxygen atoms in total. The Hall–Kier alpha value is -1.97. The number of aromatic nitrogens is 2. The molecule has 2 N–H and O–H groups in total. The van der Waals surface area contributed by atoms with Gasteiger partial charge in [-0.3, -0.25) is 4.79 Å². The van der Waals surface area contributed by atoms with Crippen LogP contribution in [-0.2, 0) is 5.41 Å². The summed E-state index contributed by atoms with van der Waals surface area (Å²) in [5.41, 5.74) is 8.66. The molecule has 4 aliphatic rings. The molecule has 23 heavy (non-hydrogen) atoms. The van der Waals surface area contributed by atoms with Gasteiger partial charge in [0.25, 0.3) is 5.91 Å². The summed E-state index contributed by atoms with van der Waals surface area (Å²) in [5.74, 6) is 1.97. The van der Waals surface area contributed by atoms with Crippen molar-refractivity contribution < 1.29 is 4.79 Å². The molecule has 6 rings (SSSR count). The number of carbonyl (C=O) groups is 1. The van der Waals surface area contributed by atoms with E-state index in [1.165, 1.54) is 19.3 Å². The molecule has 1 heterocycles. The van der Waals surface area contributed by atoms with Gasteiger partial charge < -0.3 is 5.73 Å². The zero-order chi connectivity index (χ0) is 15.6. The second-order valence-electron chi connectivity index (χ2n) is 7.97. The summed E-state index contributed by atoms with van der Waals surface area (Å²) in [5, 5.41) is 0. The number of nitrogens with two attached hydrogens (primary N) is 1. The van der Waals surface area contributed by atoms with Crippen LogP contribution < -0.4 is 5.73 Å². The number of fused-ring (bicyclic) bond motifs is 1. The molecule has 0 atom stereocenters. The smallest absolute Gasteiger partial charge is 0.269 e. The van der Waals surface area contributed by atoms with E-state index in [1.807, 2.05) is 24.3 Å². The predicted molar refractivity (Wildman–Crippen MR) is 87.9 cm³/mol. The van der Waals surface area contributed by atoms with Crippen LogP contribution in [0.5, 0.6) is 0 Å². The quantitative estimate of drug-likeness (QED) is 0.926. The number of para-hydroxylation sites is 2. The Morgan fingerprint density at radius 2 is 1.48 bits per heavy atom. The van der Waals surface area contributed by atoms with Crippen LogP contribution in [0, 0.1) is 17.8 Å². The highest BCUT2D eigenvalue weighted by molar-refractivity contribution is 5.94. The van der Waals surface area contributed by atoms with Gasteiger partial charge in [-0.2, -0.15) is 0 Å². The minimum atomic E-state index is -0.436. The number of rotatable bonds is 2. The lowest BCUT2D eigenvalue weighted by molar-refractivity contribution is -0.00759. The Kier molecular flexibility index (Phi) is 2.65. The molecule has 4 heteroatoms. The monoisotopic (exact) mass is 307 g/mol. The lowest BCUT2D eigenvalue weighted by atomic mass is 9.48. The summed E-state index contributed by atoms with van der Waals surface area (Å²) >= 11 is 0. The Labute approximate surface area is 135 Å². The van der Waals surface area contributed by atoms with E-state index >= 15 is 0 Å². The van der Waals surface area contributed by atoms with Gasteiger partial charge in [0.1, 0.15) is 0 Å². The zero-order valence-corrected chi connectivity index (χ0v) is 13.2. The van der Waals surface area contributed by atoms with Gasteiger partial charge in [-0.15, -0.1) is 0 Å². The van der Waals surface area contributed by atoms with Gasteiger partial charge in [0.2, 0.25) is 0 Å². The van der Waals surface area contributed by atoms with E-state index in [1.54, 1.807) is 0 Å². The van der Waals surface area contributed by atoms with Gasteiger partial charge in [-0.1, -0.05) is 12.1 Å². The molecule has 1 aromatic heterocycles. The molecule has 4 fully saturated rings. The molecule has 0 aliphatic heterocycles. The van der Waals surface area contributed by atoms with E-state index in [4.69, 9.17) is 10.7 Å². The largest absolute Gasteiger partial charge is 0.364 e. The topological polar surface area (TPSA) is 68.9 Å². The van der Waals surface area contributed by atoms with Crippen molar-refractivity contribution in [2.24, 2.45) is 23.5 Å². The highest BCUT2D eigenvalue weighted by Crippen LogP contribution is 2.60. The summed E-state index contributed by atoms with van der Waals surface area (Å²) in [6.45, 7) is 0. The van der Waals surface area contributed by atoms with Crippen LogP contribution in [0.15, 0.2) is 24.3 Å². The SMILES string of the molecule is NC(=O)c1nc2ccccc2nc1C12CC3CC(CC(C3)C1)C2. The summed E-state index contributed by atoms with van der Waals surface area (Å²) in [7, 11) is 0. The number of primary amides is 1. The maximum atomic E-state index is 12.1. The maximum Gasteiger partial charge on any atom is 0.269 e. The molecule has 118 valence electrons. The van der Waals surface area contributed by atoms with E-state index in [2.05, 4.69) is 4.98 Å². The Morgan fingerprint density at radius 1 is 0.957 bits per heavy atom. The fraction of sp³-hybridized carbons (Fsp3) is 0.526. The van der Waals surface area contributed by atoms with Crippen molar-refractivity contribution in [3.63, 3.8) is 0 Å². The molecule has 2 aromatic rings. The van der Waals surface area contributed by atoms with Crippen molar-refractivity contribution in [2.75, 3.05) is 0 Å². The van der Waals surface area contributed by atoms with E-state index in [-0.39, 0.29) is 5.41 Å². The van der Waals surface area contributed by atoms with Crippen molar-refractivity contribution >= 4 is 16.9 Å². The fourth-order valence-corrected chi connectivity index (χ4v) is 5.94. The standard InChI is InChI=1S/C19H21N3O/c20-18(23)16-17(22-15-4-2-1-3-14(15)21-16)19-8-11-5-12(9-19)7-13(6-11)10-19/h1-4,11-13H,5-10H2,(H2,20,23). The number of hydrogen-bond acceptors (Lipinski definition) is 3. The average Bonchev–Trinajstić information content (AvgIpc) is 2.52. The second kappa shape index (κ2) is 4.53. The average molecular weight is 307 g/mol. The molecule has 0 spiro atoms. The van der Waals surface area contributed by atoms with Gasteiger partial charge in [0.15, 0.2) is 5.69 Å². The first-order valence-corrected chi connectivity index (χ1v) is 8.70. The Bertz CT molecular complexity index is 778. The third kappa shape index (κ3) is 1.93.